The first-order valence-electron chi connectivity index (χ1n) is 7.14. The minimum absolute atomic E-state index is 0.00981. The Morgan fingerprint density at radius 3 is 2.48 bits per heavy atom. The van der Waals surface area contributed by atoms with E-state index in [4.69, 9.17) is 5.73 Å². The smallest absolute Gasteiger partial charge is 0.280 e. The van der Waals surface area contributed by atoms with Gasteiger partial charge in [-0.3, -0.25) is 4.79 Å². The third-order valence-electron chi connectivity index (χ3n) is 3.41. The van der Waals surface area contributed by atoms with Crippen molar-refractivity contribution in [2.45, 2.75) is 6.54 Å². The summed E-state index contributed by atoms with van der Waals surface area (Å²) >= 11 is 0. The lowest BCUT2D eigenvalue weighted by molar-refractivity contribution is 0.102. The Bertz CT molecular complexity index is 924. The lowest BCUT2D eigenvalue weighted by Gasteiger charge is -2.05. The number of rotatable bonds is 4. The first kappa shape index (κ1) is 16.5. The molecular formula is C16H12F3N5O. The molecule has 1 aromatic heterocycles. The largest absolute Gasteiger partial charge is 0.382 e. The second-order valence-corrected chi connectivity index (χ2v) is 5.19. The third-order valence-corrected chi connectivity index (χ3v) is 3.41. The Morgan fingerprint density at radius 1 is 1.08 bits per heavy atom. The SMILES string of the molecule is Nc1c(C(=O)Nc2ccc(F)c(F)c2)nnn1Cc1ccc(F)cc1. The number of anilines is 2. The van der Waals surface area contributed by atoms with Gasteiger partial charge in [-0.1, -0.05) is 17.3 Å². The van der Waals surface area contributed by atoms with E-state index in [-0.39, 0.29) is 29.6 Å². The van der Waals surface area contributed by atoms with Gasteiger partial charge in [-0.2, -0.15) is 0 Å². The minimum atomic E-state index is -1.09. The van der Waals surface area contributed by atoms with Crippen LogP contribution in [0.5, 0.6) is 0 Å². The molecule has 0 aliphatic rings. The zero-order valence-electron chi connectivity index (χ0n) is 12.7. The third kappa shape index (κ3) is 3.60. The van der Waals surface area contributed by atoms with Crippen LogP contribution in [-0.4, -0.2) is 20.9 Å². The first-order chi connectivity index (χ1) is 11.9. The average Bonchev–Trinajstić information content (AvgIpc) is 2.94. The standard InChI is InChI=1S/C16H12F3N5O/c17-10-3-1-9(2-4-10)8-24-15(20)14(22-23-24)16(25)21-11-5-6-12(18)13(19)7-11/h1-7H,8,20H2,(H,21,25). The van der Waals surface area contributed by atoms with E-state index in [2.05, 4.69) is 15.6 Å². The minimum Gasteiger partial charge on any atom is -0.382 e. The van der Waals surface area contributed by atoms with Gasteiger partial charge in [0.15, 0.2) is 23.1 Å². The van der Waals surface area contributed by atoms with Crippen LogP contribution in [0.3, 0.4) is 0 Å². The summed E-state index contributed by atoms with van der Waals surface area (Å²) < 4.78 is 40.3. The van der Waals surface area contributed by atoms with Gasteiger partial charge in [0.25, 0.3) is 5.91 Å². The number of amides is 1. The highest BCUT2D eigenvalue weighted by Crippen LogP contribution is 2.16. The summed E-state index contributed by atoms with van der Waals surface area (Å²) in [6.07, 6.45) is 0. The van der Waals surface area contributed by atoms with E-state index >= 15 is 0 Å². The van der Waals surface area contributed by atoms with Crippen molar-refractivity contribution in [2.24, 2.45) is 0 Å². The molecule has 0 aliphatic carbocycles. The predicted octanol–water partition coefficient (Wildman–Crippen LogP) is 2.58. The number of benzene rings is 2. The molecule has 25 heavy (non-hydrogen) atoms. The summed E-state index contributed by atoms with van der Waals surface area (Å²) in [7, 11) is 0. The summed E-state index contributed by atoms with van der Waals surface area (Å²) in [5.74, 6) is -3.21. The molecule has 0 atom stereocenters. The Kier molecular flexibility index (Phi) is 4.38. The summed E-state index contributed by atoms with van der Waals surface area (Å²) in [5, 5.41) is 9.84. The molecule has 0 fully saturated rings. The number of nitrogens with zero attached hydrogens (tertiary/aromatic N) is 3. The molecule has 0 saturated carbocycles. The van der Waals surface area contributed by atoms with Crippen LogP contribution < -0.4 is 11.1 Å². The van der Waals surface area contributed by atoms with E-state index in [0.717, 1.165) is 12.1 Å². The molecule has 6 nitrogen and oxygen atoms in total. The van der Waals surface area contributed by atoms with Gasteiger partial charge in [-0.05, 0) is 29.8 Å². The Morgan fingerprint density at radius 2 is 1.80 bits per heavy atom. The van der Waals surface area contributed by atoms with Crippen LogP contribution in [0.4, 0.5) is 24.7 Å². The Hall–Kier alpha value is -3.36. The average molecular weight is 347 g/mol. The number of nitrogen functional groups attached to an aromatic ring is 1. The van der Waals surface area contributed by atoms with Crippen molar-refractivity contribution in [3.8, 4) is 0 Å². The fourth-order valence-electron chi connectivity index (χ4n) is 2.13. The molecule has 0 aliphatic heterocycles. The summed E-state index contributed by atoms with van der Waals surface area (Å²) in [6.45, 7) is 0.192. The van der Waals surface area contributed by atoms with Gasteiger partial charge in [-0.15, -0.1) is 5.10 Å². The van der Waals surface area contributed by atoms with Crippen LogP contribution in [0.1, 0.15) is 16.1 Å². The van der Waals surface area contributed by atoms with Crippen LogP contribution in [-0.2, 0) is 6.54 Å². The van der Waals surface area contributed by atoms with E-state index in [1.807, 2.05) is 0 Å². The molecule has 3 aromatic rings. The molecule has 0 spiro atoms. The number of hydrogen-bond acceptors (Lipinski definition) is 4. The highest BCUT2D eigenvalue weighted by Gasteiger charge is 2.18. The molecule has 3 N–H and O–H groups in total. The number of carbonyl (C=O) groups is 1. The van der Waals surface area contributed by atoms with Crippen molar-refractivity contribution in [3.63, 3.8) is 0 Å². The molecule has 9 heteroatoms. The number of halogens is 3. The molecule has 0 bridgehead atoms. The van der Waals surface area contributed by atoms with Crippen LogP contribution in [0.25, 0.3) is 0 Å². The molecular weight excluding hydrogens is 335 g/mol. The van der Waals surface area contributed by atoms with Gasteiger partial charge in [0.2, 0.25) is 0 Å². The maximum Gasteiger partial charge on any atom is 0.280 e. The van der Waals surface area contributed by atoms with Crippen molar-refractivity contribution in [2.75, 3.05) is 11.1 Å². The van der Waals surface area contributed by atoms with E-state index in [1.165, 1.54) is 22.9 Å². The van der Waals surface area contributed by atoms with Crippen molar-refractivity contribution >= 4 is 17.4 Å². The first-order valence-corrected chi connectivity index (χ1v) is 7.14. The van der Waals surface area contributed by atoms with Gasteiger partial charge in [-0.25, -0.2) is 17.9 Å². The summed E-state index contributed by atoms with van der Waals surface area (Å²) in [6, 6.07) is 8.62. The van der Waals surface area contributed by atoms with Crippen LogP contribution >= 0.6 is 0 Å². The number of carbonyl (C=O) groups excluding carboxylic acids is 1. The highest BCUT2D eigenvalue weighted by molar-refractivity contribution is 6.05. The highest BCUT2D eigenvalue weighted by atomic mass is 19.2. The van der Waals surface area contributed by atoms with E-state index < -0.39 is 17.5 Å². The topological polar surface area (TPSA) is 85.8 Å². The van der Waals surface area contributed by atoms with Crippen LogP contribution in [0.2, 0.25) is 0 Å². The maximum atomic E-state index is 13.2. The van der Waals surface area contributed by atoms with E-state index in [9.17, 15) is 18.0 Å². The predicted molar refractivity (Wildman–Crippen MR) is 84.2 cm³/mol. The molecule has 0 saturated heterocycles. The summed E-state index contributed by atoms with van der Waals surface area (Å²) in [5.41, 5.74) is 6.46. The molecule has 1 amide bonds. The quantitative estimate of drug-likeness (QED) is 0.760. The van der Waals surface area contributed by atoms with Gasteiger partial charge in [0, 0.05) is 11.8 Å². The normalized spacial score (nSPS) is 10.7. The number of nitrogens with two attached hydrogens (primary N) is 1. The van der Waals surface area contributed by atoms with Crippen molar-refractivity contribution in [1.82, 2.24) is 15.0 Å². The lowest BCUT2D eigenvalue weighted by Crippen LogP contribution is -2.15. The number of aromatic nitrogens is 3. The second kappa shape index (κ2) is 6.63. The molecule has 128 valence electrons. The Labute approximate surface area is 140 Å². The molecule has 1 heterocycles. The Balaban J connectivity index is 1.76. The van der Waals surface area contributed by atoms with Crippen molar-refractivity contribution in [1.29, 1.82) is 0 Å². The van der Waals surface area contributed by atoms with Gasteiger partial charge in [0.1, 0.15) is 5.82 Å². The zero-order valence-corrected chi connectivity index (χ0v) is 12.7. The summed E-state index contributed by atoms with van der Waals surface area (Å²) in [4.78, 5) is 12.2. The maximum absolute atomic E-state index is 13.2. The van der Waals surface area contributed by atoms with Gasteiger partial charge in [0.05, 0.1) is 6.54 Å². The fraction of sp³-hybridized carbons (Fsp3) is 0.0625. The second-order valence-electron chi connectivity index (χ2n) is 5.19. The van der Waals surface area contributed by atoms with Crippen LogP contribution in [0.15, 0.2) is 42.5 Å². The molecule has 0 unspecified atom stereocenters. The van der Waals surface area contributed by atoms with Gasteiger partial charge >= 0.3 is 0 Å². The van der Waals surface area contributed by atoms with Crippen LogP contribution in [0, 0.1) is 17.5 Å². The molecule has 0 radical (unpaired) electrons. The number of nitrogens with one attached hydrogen (secondary N) is 1. The lowest BCUT2D eigenvalue weighted by atomic mass is 10.2. The fourth-order valence-corrected chi connectivity index (χ4v) is 2.13. The zero-order chi connectivity index (χ0) is 18.0. The van der Waals surface area contributed by atoms with Gasteiger partial charge < -0.3 is 11.1 Å². The van der Waals surface area contributed by atoms with E-state index in [0.29, 0.717) is 5.56 Å². The molecule has 2 aromatic carbocycles. The van der Waals surface area contributed by atoms with Crippen molar-refractivity contribution in [3.05, 3.63) is 71.2 Å². The van der Waals surface area contributed by atoms with Crippen molar-refractivity contribution < 1.29 is 18.0 Å². The monoisotopic (exact) mass is 347 g/mol. The molecule has 3 rings (SSSR count). The number of hydrogen-bond donors (Lipinski definition) is 2. The van der Waals surface area contributed by atoms with E-state index in [1.54, 1.807) is 12.1 Å².